The summed E-state index contributed by atoms with van der Waals surface area (Å²) < 4.78 is 2.28. The molecule has 1 aliphatic rings. The van der Waals surface area contributed by atoms with Crippen LogP contribution in [-0.4, -0.2) is 9.55 Å². The van der Waals surface area contributed by atoms with Gasteiger partial charge in [0.1, 0.15) is 5.82 Å². The topological polar surface area (TPSA) is 17.8 Å². The predicted octanol–water partition coefficient (Wildman–Crippen LogP) is 12.3. The molecule has 0 bridgehead atoms. The molecule has 0 saturated carbocycles. The first-order valence-corrected chi connectivity index (χ1v) is 17.1. The lowest BCUT2D eigenvalue weighted by Crippen LogP contribution is -2.23. The molecule has 0 amide bonds. The third kappa shape index (κ3) is 4.29. The standard InChI is InChI=1S/C46H36N2/c1-3-46(4-2)41-29-34(23-27-39(41)40-28-24-35(30-42(40)46)38-18-12-16-32-13-8-9-17-37(32)38)31-21-25-36(26-22-31)48-44-20-11-10-19-43(44)47-45(48)33-14-6-5-7-15-33/h5-30H,3-4H2,1-2H3. The molecule has 0 radical (unpaired) electrons. The smallest absolute Gasteiger partial charge is 0.145 e. The Kier molecular flexibility index (Phi) is 6.65. The predicted molar refractivity (Wildman–Crippen MR) is 202 cm³/mol. The number of aromatic nitrogens is 2. The van der Waals surface area contributed by atoms with Crippen LogP contribution in [0.1, 0.15) is 37.8 Å². The number of hydrogen-bond donors (Lipinski definition) is 0. The van der Waals surface area contributed by atoms with Gasteiger partial charge in [0, 0.05) is 16.7 Å². The molecule has 9 rings (SSSR count). The first kappa shape index (κ1) is 28.5. The Morgan fingerprint density at radius 3 is 1.90 bits per heavy atom. The van der Waals surface area contributed by atoms with Gasteiger partial charge in [-0.3, -0.25) is 4.57 Å². The van der Waals surface area contributed by atoms with Crippen molar-refractivity contribution in [1.82, 2.24) is 9.55 Å². The fourth-order valence-electron chi connectivity index (χ4n) is 8.20. The lowest BCUT2D eigenvalue weighted by molar-refractivity contribution is 0.491. The second-order valence-corrected chi connectivity index (χ2v) is 13.0. The summed E-state index contributed by atoms with van der Waals surface area (Å²) in [5.41, 5.74) is 15.0. The quantitative estimate of drug-likeness (QED) is 0.182. The van der Waals surface area contributed by atoms with Crippen LogP contribution in [0.15, 0.2) is 158 Å². The van der Waals surface area contributed by atoms with Crippen molar-refractivity contribution in [2.45, 2.75) is 32.1 Å². The summed E-state index contributed by atoms with van der Waals surface area (Å²) in [6.45, 7) is 4.71. The van der Waals surface area contributed by atoms with Crippen LogP contribution in [0.4, 0.5) is 0 Å². The highest BCUT2D eigenvalue weighted by molar-refractivity contribution is 5.98. The minimum Gasteiger partial charge on any atom is -0.292 e. The molecule has 7 aromatic carbocycles. The number of benzene rings is 7. The van der Waals surface area contributed by atoms with Gasteiger partial charge in [-0.05, 0) is 105 Å². The van der Waals surface area contributed by atoms with Gasteiger partial charge in [0.15, 0.2) is 0 Å². The maximum absolute atomic E-state index is 5.04. The van der Waals surface area contributed by atoms with Crippen LogP contribution in [0.5, 0.6) is 0 Å². The number of nitrogens with zero attached hydrogens (tertiary/aromatic N) is 2. The Labute approximate surface area is 282 Å². The highest BCUT2D eigenvalue weighted by Crippen LogP contribution is 2.54. The summed E-state index contributed by atoms with van der Waals surface area (Å²) in [4.78, 5) is 5.04. The van der Waals surface area contributed by atoms with Crippen LogP contribution >= 0.6 is 0 Å². The normalized spacial score (nSPS) is 13.1. The molecular formula is C46H36N2. The summed E-state index contributed by atoms with van der Waals surface area (Å²) in [5.74, 6) is 0.957. The van der Waals surface area contributed by atoms with Gasteiger partial charge in [-0.25, -0.2) is 4.98 Å². The van der Waals surface area contributed by atoms with E-state index in [1.807, 2.05) is 0 Å². The molecule has 0 atom stereocenters. The van der Waals surface area contributed by atoms with E-state index in [-0.39, 0.29) is 5.41 Å². The van der Waals surface area contributed by atoms with Gasteiger partial charge in [0.05, 0.1) is 11.0 Å². The zero-order valence-corrected chi connectivity index (χ0v) is 27.3. The molecule has 1 heterocycles. The van der Waals surface area contributed by atoms with Gasteiger partial charge in [-0.2, -0.15) is 0 Å². The SMILES string of the molecule is CCC1(CC)c2cc(-c3ccc(-n4c(-c5ccccc5)nc5ccccc54)cc3)ccc2-c2ccc(-c3cccc4ccccc34)cc21. The maximum atomic E-state index is 5.04. The number of para-hydroxylation sites is 2. The van der Waals surface area contributed by atoms with Crippen molar-refractivity contribution in [2.24, 2.45) is 0 Å². The van der Waals surface area contributed by atoms with Gasteiger partial charge >= 0.3 is 0 Å². The van der Waals surface area contributed by atoms with Gasteiger partial charge in [0.2, 0.25) is 0 Å². The van der Waals surface area contributed by atoms with Crippen LogP contribution in [0, 0.1) is 0 Å². The summed E-state index contributed by atoms with van der Waals surface area (Å²) in [7, 11) is 0. The van der Waals surface area contributed by atoms with Crippen LogP contribution in [-0.2, 0) is 5.41 Å². The molecule has 0 saturated heterocycles. The highest BCUT2D eigenvalue weighted by atomic mass is 15.1. The first-order chi connectivity index (χ1) is 23.7. The average Bonchev–Trinajstić information content (AvgIpc) is 3.68. The van der Waals surface area contributed by atoms with Crippen molar-refractivity contribution in [3.63, 3.8) is 0 Å². The molecule has 1 aromatic heterocycles. The third-order valence-corrected chi connectivity index (χ3v) is 10.7. The number of imidazole rings is 1. The molecule has 0 N–H and O–H groups in total. The van der Waals surface area contributed by atoms with E-state index in [2.05, 4.69) is 176 Å². The second-order valence-electron chi connectivity index (χ2n) is 13.0. The van der Waals surface area contributed by atoms with Crippen molar-refractivity contribution < 1.29 is 0 Å². The number of hydrogen-bond acceptors (Lipinski definition) is 1. The van der Waals surface area contributed by atoms with Crippen LogP contribution in [0.3, 0.4) is 0 Å². The molecule has 1 aliphatic carbocycles. The monoisotopic (exact) mass is 616 g/mol. The second kappa shape index (κ2) is 11.2. The van der Waals surface area contributed by atoms with Gasteiger partial charge in [-0.1, -0.05) is 135 Å². The van der Waals surface area contributed by atoms with Gasteiger partial charge in [-0.15, -0.1) is 0 Å². The molecule has 0 fully saturated rings. The zero-order chi connectivity index (χ0) is 32.2. The first-order valence-electron chi connectivity index (χ1n) is 17.1. The van der Waals surface area contributed by atoms with E-state index in [9.17, 15) is 0 Å². The lowest BCUT2D eigenvalue weighted by atomic mass is 9.73. The van der Waals surface area contributed by atoms with Crippen molar-refractivity contribution in [3.05, 3.63) is 169 Å². The van der Waals surface area contributed by atoms with Crippen molar-refractivity contribution in [2.75, 3.05) is 0 Å². The van der Waals surface area contributed by atoms with E-state index in [1.165, 1.54) is 55.3 Å². The fourth-order valence-corrected chi connectivity index (χ4v) is 8.20. The number of rotatable bonds is 6. The Morgan fingerprint density at radius 1 is 0.500 bits per heavy atom. The fraction of sp³-hybridized carbons (Fsp3) is 0.109. The van der Waals surface area contributed by atoms with Crippen molar-refractivity contribution >= 4 is 21.8 Å². The Bertz CT molecular complexity index is 2460. The Hall–Kier alpha value is -5.73. The largest absolute Gasteiger partial charge is 0.292 e. The molecule has 0 spiro atoms. The van der Waals surface area contributed by atoms with Crippen LogP contribution in [0.2, 0.25) is 0 Å². The van der Waals surface area contributed by atoms with E-state index in [0.717, 1.165) is 41.0 Å². The molecule has 0 aliphatic heterocycles. The number of fused-ring (bicyclic) bond motifs is 5. The minimum atomic E-state index is -0.0263. The maximum Gasteiger partial charge on any atom is 0.145 e. The van der Waals surface area contributed by atoms with Crippen LogP contribution in [0.25, 0.3) is 72.3 Å². The molecule has 48 heavy (non-hydrogen) atoms. The van der Waals surface area contributed by atoms with E-state index >= 15 is 0 Å². The van der Waals surface area contributed by atoms with E-state index in [0.29, 0.717) is 0 Å². The highest BCUT2D eigenvalue weighted by Gasteiger charge is 2.40. The summed E-state index contributed by atoms with van der Waals surface area (Å²) in [6.07, 6.45) is 2.11. The molecule has 2 nitrogen and oxygen atoms in total. The molecule has 230 valence electrons. The molecule has 0 unspecified atom stereocenters. The Balaban J connectivity index is 1.12. The average molecular weight is 617 g/mol. The lowest BCUT2D eigenvalue weighted by Gasteiger charge is -2.30. The summed E-state index contributed by atoms with van der Waals surface area (Å²) in [6, 6.07) is 57.5. The third-order valence-electron chi connectivity index (χ3n) is 10.7. The van der Waals surface area contributed by atoms with Gasteiger partial charge in [0.25, 0.3) is 0 Å². The summed E-state index contributed by atoms with van der Waals surface area (Å²) in [5, 5.41) is 2.59. The molecular weight excluding hydrogens is 581 g/mol. The van der Waals surface area contributed by atoms with E-state index in [4.69, 9.17) is 4.98 Å². The van der Waals surface area contributed by atoms with Crippen molar-refractivity contribution in [3.8, 4) is 50.5 Å². The Morgan fingerprint density at radius 2 is 1.12 bits per heavy atom. The molecule has 2 heteroatoms. The zero-order valence-electron chi connectivity index (χ0n) is 27.3. The van der Waals surface area contributed by atoms with Crippen LogP contribution < -0.4 is 0 Å². The van der Waals surface area contributed by atoms with E-state index < -0.39 is 0 Å². The van der Waals surface area contributed by atoms with Gasteiger partial charge < -0.3 is 0 Å². The van der Waals surface area contributed by atoms with Crippen molar-refractivity contribution in [1.29, 1.82) is 0 Å². The molecule has 8 aromatic rings. The van der Waals surface area contributed by atoms with E-state index in [1.54, 1.807) is 0 Å². The summed E-state index contributed by atoms with van der Waals surface area (Å²) >= 11 is 0. The minimum absolute atomic E-state index is 0.0263.